The van der Waals surface area contributed by atoms with Gasteiger partial charge in [0.15, 0.2) is 0 Å². The van der Waals surface area contributed by atoms with Gasteiger partial charge in [-0.1, -0.05) is 55.8 Å². The van der Waals surface area contributed by atoms with Gasteiger partial charge in [-0.25, -0.2) is 0 Å². The first-order valence-corrected chi connectivity index (χ1v) is 8.40. The third kappa shape index (κ3) is 5.47. The molecule has 0 fully saturated rings. The molecule has 144 valence electrons. The topological polar surface area (TPSA) is 55.4 Å². The highest BCUT2D eigenvalue weighted by atomic mass is 35.5. The number of nitrogens with one attached hydrogen (secondary N) is 1. The third-order valence-corrected chi connectivity index (χ3v) is 3.93. The van der Waals surface area contributed by atoms with Gasteiger partial charge in [0.05, 0.1) is 22.2 Å². The molecule has 0 heterocycles. The second-order valence-corrected chi connectivity index (χ2v) is 6.47. The molecule has 1 N–H and O–H groups in total. The molecule has 27 heavy (non-hydrogen) atoms. The van der Waals surface area contributed by atoms with Gasteiger partial charge in [0.1, 0.15) is 0 Å². The van der Waals surface area contributed by atoms with Gasteiger partial charge in [0, 0.05) is 5.56 Å². The minimum absolute atomic E-state index is 0.0710. The van der Waals surface area contributed by atoms with Crippen LogP contribution in [0.2, 0.25) is 5.02 Å². The maximum absolute atomic E-state index is 12.9. The fourth-order valence-corrected chi connectivity index (χ4v) is 2.31. The smallest absolute Gasteiger partial charge is 0.416 e. The van der Waals surface area contributed by atoms with E-state index in [1.807, 2.05) is 0 Å². The first-order chi connectivity index (χ1) is 12.6. The van der Waals surface area contributed by atoms with Gasteiger partial charge in [-0.05, 0) is 18.2 Å². The molecule has 0 spiro atoms. The molecule has 0 aliphatic carbocycles. The maximum atomic E-state index is 12.9. The summed E-state index contributed by atoms with van der Waals surface area (Å²) in [6, 6.07) is 10.7. The van der Waals surface area contributed by atoms with E-state index in [2.05, 4.69) is 5.32 Å². The summed E-state index contributed by atoms with van der Waals surface area (Å²) in [4.78, 5) is 24.6. The highest BCUT2D eigenvalue weighted by Crippen LogP contribution is 2.34. The molecule has 0 aliphatic rings. The molecular formula is C19H17ClF3NO3. The predicted octanol–water partition coefficient (Wildman–Crippen LogP) is 5.24. The summed E-state index contributed by atoms with van der Waals surface area (Å²) in [5.74, 6) is -1.91. The zero-order valence-electron chi connectivity index (χ0n) is 14.5. The van der Waals surface area contributed by atoms with Crippen LogP contribution in [0.1, 0.15) is 31.1 Å². The summed E-state index contributed by atoms with van der Waals surface area (Å²) in [6.45, 7) is 3.21. The van der Waals surface area contributed by atoms with E-state index in [4.69, 9.17) is 16.3 Å². The van der Waals surface area contributed by atoms with Gasteiger partial charge in [-0.15, -0.1) is 0 Å². The summed E-state index contributed by atoms with van der Waals surface area (Å²) >= 11 is 5.91. The van der Waals surface area contributed by atoms with E-state index in [9.17, 15) is 22.8 Å². The number of carbonyl (C=O) groups excluding carboxylic acids is 2. The lowest BCUT2D eigenvalue weighted by Crippen LogP contribution is -2.27. The Labute approximate surface area is 159 Å². The zero-order valence-corrected chi connectivity index (χ0v) is 15.3. The van der Waals surface area contributed by atoms with Gasteiger partial charge in [0.25, 0.3) is 5.91 Å². The van der Waals surface area contributed by atoms with E-state index in [0.29, 0.717) is 5.56 Å². The number of hydrogen-bond donors (Lipinski definition) is 1. The molecule has 0 saturated heterocycles. The number of carbonyl (C=O) groups is 2. The Morgan fingerprint density at radius 2 is 1.70 bits per heavy atom. The van der Waals surface area contributed by atoms with Crippen LogP contribution in [0.15, 0.2) is 48.5 Å². The monoisotopic (exact) mass is 399 g/mol. The Hall–Kier alpha value is -2.54. The van der Waals surface area contributed by atoms with Crippen LogP contribution in [-0.2, 0) is 20.5 Å². The number of hydrogen-bond acceptors (Lipinski definition) is 3. The van der Waals surface area contributed by atoms with Crippen LogP contribution in [0.25, 0.3) is 0 Å². The number of alkyl halides is 3. The van der Waals surface area contributed by atoms with Crippen LogP contribution >= 0.6 is 11.6 Å². The maximum Gasteiger partial charge on any atom is 0.416 e. The van der Waals surface area contributed by atoms with Crippen molar-refractivity contribution in [2.45, 2.75) is 26.1 Å². The second-order valence-electron chi connectivity index (χ2n) is 6.06. The van der Waals surface area contributed by atoms with Crippen molar-refractivity contribution in [1.29, 1.82) is 0 Å². The van der Waals surface area contributed by atoms with Crippen molar-refractivity contribution in [3.05, 3.63) is 64.7 Å². The molecule has 8 heteroatoms. The third-order valence-electron chi connectivity index (χ3n) is 3.60. The Kier molecular flexibility index (Phi) is 6.49. The summed E-state index contributed by atoms with van der Waals surface area (Å²) < 4.78 is 43.9. The fraction of sp³-hybridized carbons (Fsp3) is 0.263. The van der Waals surface area contributed by atoms with E-state index in [0.717, 1.165) is 18.2 Å². The van der Waals surface area contributed by atoms with Crippen LogP contribution in [-0.4, -0.2) is 11.9 Å². The average molecular weight is 400 g/mol. The summed E-state index contributed by atoms with van der Waals surface area (Å²) in [6.07, 6.45) is -5.92. The van der Waals surface area contributed by atoms with Crippen molar-refractivity contribution in [2.24, 2.45) is 5.92 Å². The SMILES string of the molecule is CC(C)C(=O)O[C@@H](C(=O)Nc1cc(C(F)(F)F)ccc1Cl)c1ccccc1. The molecule has 0 bridgehead atoms. The molecule has 2 aromatic carbocycles. The predicted molar refractivity (Wildman–Crippen MR) is 95.2 cm³/mol. The summed E-state index contributed by atoms with van der Waals surface area (Å²) in [5, 5.41) is 2.25. The van der Waals surface area contributed by atoms with Gasteiger partial charge in [-0.2, -0.15) is 13.2 Å². The molecule has 0 saturated carbocycles. The number of rotatable bonds is 5. The molecule has 2 rings (SSSR count). The molecule has 0 aromatic heterocycles. The minimum Gasteiger partial charge on any atom is -0.447 e. The highest BCUT2D eigenvalue weighted by Gasteiger charge is 2.32. The molecule has 0 radical (unpaired) electrons. The standard InChI is InChI=1S/C19H17ClF3NO3/c1-11(2)18(26)27-16(12-6-4-3-5-7-12)17(25)24-15-10-13(19(21,22)23)8-9-14(15)20/h3-11,16H,1-2H3,(H,24,25)/t16-/m1/s1. The van der Waals surface area contributed by atoms with Gasteiger partial charge >= 0.3 is 12.1 Å². The molecule has 4 nitrogen and oxygen atoms in total. The fourth-order valence-electron chi connectivity index (χ4n) is 2.15. The first kappa shape index (κ1) is 20.8. The van der Waals surface area contributed by atoms with Crippen molar-refractivity contribution >= 4 is 29.2 Å². The Bertz CT molecular complexity index is 823. The molecular weight excluding hydrogens is 383 g/mol. The van der Waals surface area contributed by atoms with Crippen molar-refractivity contribution in [3.63, 3.8) is 0 Å². The van der Waals surface area contributed by atoms with Crippen LogP contribution < -0.4 is 5.32 Å². The van der Waals surface area contributed by atoms with Crippen molar-refractivity contribution in [1.82, 2.24) is 0 Å². The molecule has 2 aromatic rings. The van der Waals surface area contributed by atoms with Crippen LogP contribution in [0.4, 0.5) is 18.9 Å². The normalized spacial score (nSPS) is 12.6. The number of ether oxygens (including phenoxy) is 1. The average Bonchev–Trinajstić information content (AvgIpc) is 2.60. The lowest BCUT2D eigenvalue weighted by molar-refractivity contribution is -0.157. The molecule has 0 aliphatic heterocycles. The Morgan fingerprint density at radius 1 is 1.07 bits per heavy atom. The molecule has 1 atom stereocenters. The van der Waals surface area contributed by atoms with Crippen LogP contribution in [0.5, 0.6) is 0 Å². The van der Waals surface area contributed by atoms with Gasteiger partial charge in [-0.3, -0.25) is 9.59 Å². The molecule has 1 amide bonds. The van der Waals surface area contributed by atoms with Gasteiger partial charge in [0.2, 0.25) is 6.10 Å². The van der Waals surface area contributed by atoms with E-state index in [1.165, 1.54) is 0 Å². The van der Waals surface area contributed by atoms with Crippen molar-refractivity contribution in [3.8, 4) is 0 Å². The zero-order chi connectivity index (χ0) is 20.2. The molecule has 0 unspecified atom stereocenters. The lowest BCUT2D eigenvalue weighted by atomic mass is 10.1. The summed E-state index contributed by atoms with van der Waals surface area (Å²) in [7, 11) is 0. The highest BCUT2D eigenvalue weighted by molar-refractivity contribution is 6.33. The number of esters is 1. The van der Waals surface area contributed by atoms with E-state index >= 15 is 0 Å². The minimum atomic E-state index is -4.59. The van der Waals surface area contributed by atoms with E-state index in [-0.39, 0.29) is 10.7 Å². The number of benzene rings is 2. The van der Waals surface area contributed by atoms with Crippen LogP contribution in [0.3, 0.4) is 0 Å². The van der Waals surface area contributed by atoms with Crippen LogP contribution in [0, 0.1) is 5.92 Å². The number of anilines is 1. The summed E-state index contributed by atoms with van der Waals surface area (Å²) in [5.41, 5.74) is -0.803. The van der Waals surface area contributed by atoms with Crippen molar-refractivity contribution in [2.75, 3.05) is 5.32 Å². The first-order valence-electron chi connectivity index (χ1n) is 8.02. The lowest BCUT2D eigenvalue weighted by Gasteiger charge is -2.20. The largest absolute Gasteiger partial charge is 0.447 e. The second kappa shape index (κ2) is 8.43. The van der Waals surface area contributed by atoms with E-state index in [1.54, 1.807) is 44.2 Å². The Morgan fingerprint density at radius 3 is 2.26 bits per heavy atom. The number of amides is 1. The van der Waals surface area contributed by atoms with Gasteiger partial charge < -0.3 is 10.1 Å². The van der Waals surface area contributed by atoms with E-state index < -0.39 is 35.6 Å². The Balaban J connectivity index is 2.32. The quantitative estimate of drug-likeness (QED) is 0.700. The number of halogens is 4. The van der Waals surface area contributed by atoms with Crippen molar-refractivity contribution < 1.29 is 27.5 Å².